The lowest BCUT2D eigenvalue weighted by Gasteiger charge is -2.09. The van der Waals surface area contributed by atoms with Crippen molar-refractivity contribution >= 4 is 17.5 Å². The number of aryl methyl sites for hydroxylation is 2. The number of amides is 1. The van der Waals surface area contributed by atoms with Crippen LogP contribution >= 0.6 is 0 Å². The topological polar surface area (TPSA) is 68.2 Å². The number of methoxy groups -OCH3 is 1. The van der Waals surface area contributed by atoms with Crippen LogP contribution < -0.4 is 10.6 Å². The number of carbonyl (C=O) groups excluding carboxylic acids is 1. The van der Waals surface area contributed by atoms with Gasteiger partial charge in [0.05, 0.1) is 12.8 Å². The summed E-state index contributed by atoms with van der Waals surface area (Å²) in [6, 6.07) is 7.49. The van der Waals surface area contributed by atoms with Crippen LogP contribution in [-0.2, 0) is 24.8 Å². The summed E-state index contributed by atoms with van der Waals surface area (Å²) in [5, 5.41) is 10.4. The van der Waals surface area contributed by atoms with Crippen molar-refractivity contribution in [2.45, 2.75) is 19.9 Å². The summed E-state index contributed by atoms with van der Waals surface area (Å²) in [4.78, 5) is 11.2. The zero-order valence-electron chi connectivity index (χ0n) is 12.5. The van der Waals surface area contributed by atoms with Gasteiger partial charge in [-0.1, -0.05) is 13.0 Å². The molecule has 1 aromatic carbocycles. The van der Waals surface area contributed by atoms with Gasteiger partial charge in [-0.15, -0.1) is 0 Å². The highest BCUT2D eigenvalue weighted by Gasteiger charge is 2.06. The molecule has 2 aromatic rings. The highest BCUT2D eigenvalue weighted by molar-refractivity contribution is 5.85. The largest absolute Gasteiger partial charge is 0.453 e. The SMILES string of the molecule is CCc1nn(C)cc1CNc1cccc(NC(=O)OC)c1. The lowest BCUT2D eigenvalue weighted by Crippen LogP contribution is -2.11. The Hall–Kier alpha value is -2.50. The van der Waals surface area contributed by atoms with E-state index in [1.165, 1.54) is 12.7 Å². The molecule has 112 valence electrons. The summed E-state index contributed by atoms with van der Waals surface area (Å²) in [6.07, 6.45) is 2.44. The van der Waals surface area contributed by atoms with E-state index in [-0.39, 0.29) is 0 Å². The Labute approximate surface area is 124 Å². The molecule has 0 atom stereocenters. The van der Waals surface area contributed by atoms with E-state index in [4.69, 9.17) is 0 Å². The standard InChI is InChI=1S/C15H20N4O2/c1-4-14-11(10-19(2)18-14)9-16-12-6-5-7-13(8-12)17-15(20)21-3/h5-8,10,16H,4,9H2,1-3H3,(H,17,20). The number of anilines is 2. The first-order chi connectivity index (χ1) is 10.1. The fourth-order valence-corrected chi connectivity index (χ4v) is 2.10. The predicted octanol–water partition coefficient (Wildman–Crippen LogP) is 2.77. The summed E-state index contributed by atoms with van der Waals surface area (Å²) in [6.45, 7) is 2.78. The number of carbonyl (C=O) groups is 1. The lowest BCUT2D eigenvalue weighted by molar-refractivity contribution is 0.187. The molecular weight excluding hydrogens is 268 g/mol. The maximum Gasteiger partial charge on any atom is 0.411 e. The molecule has 1 heterocycles. The number of nitrogens with one attached hydrogen (secondary N) is 2. The fourth-order valence-electron chi connectivity index (χ4n) is 2.10. The van der Waals surface area contributed by atoms with E-state index in [1.54, 1.807) is 0 Å². The highest BCUT2D eigenvalue weighted by Crippen LogP contribution is 2.17. The van der Waals surface area contributed by atoms with E-state index in [0.29, 0.717) is 12.2 Å². The second kappa shape index (κ2) is 6.78. The van der Waals surface area contributed by atoms with Gasteiger partial charge >= 0.3 is 6.09 Å². The average molecular weight is 288 g/mol. The van der Waals surface area contributed by atoms with Crippen LogP contribution in [0.25, 0.3) is 0 Å². The molecular formula is C15H20N4O2. The lowest BCUT2D eigenvalue weighted by atomic mass is 10.2. The third-order valence-electron chi connectivity index (χ3n) is 3.10. The number of nitrogens with zero attached hydrogens (tertiary/aromatic N) is 2. The van der Waals surface area contributed by atoms with E-state index in [2.05, 4.69) is 27.4 Å². The number of hydrogen-bond acceptors (Lipinski definition) is 4. The Morgan fingerprint density at radius 1 is 1.38 bits per heavy atom. The van der Waals surface area contributed by atoms with Crippen LogP contribution in [0.4, 0.5) is 16.2 Å². The van der Waals surface area contributed by atoms with Crippen molar-refractivity contribution in [1.29, 1.82) is 0 Å². The van der Waals surface area contributed by atoms with Gasteiger partial charge in [-0.05, 0) is 24.6 Å². The van der Waals surface area contributed by atoms with Gasteiger partial charge in [-0.25, -0.2) is 4.79 Å². The minimum atomic E-state index is -0.479. The van der Waals surface area contributed by atoms with Crippen LogP contribution in [0.5, 0.6) is 0 Å². The van der Waals surface area contributed by atoms with Gasteiger partial charge in [0.1, 0.15) is 0 Å². The Kier molecular flexibility index (Phi) is 4.81. The van der Waals surface area contributed by atoms with Crippen LogP contribution in [-0.4, -0.2) is 23.0 Å². The van der Waals surface area contributed by atoms with E-state index in [0.717, 1.165) is 17.8 Å². The average Bonchev–Trinajstić information content (AvgIpc) is 2.85. The second-order valence-corrected chi connectivity index (χ2v) is 4.68. The zero-order valence-corrected chi connectivity index (χ0v) is 12.5. The third-order valence-corrected chi connectivity index (χ3v) is 3.10. The molecule has 0 spiro atoms. The normalized spacial score (nSPS) is 10.2. The number of aromatic nitrogens is 2. The first-order valence-corrected chi connectivity index (χ1v) is 6.82. The molecule has 1 amide bonds. The number of hydrogen-bond donors (Lipinski definition) is 2. The van der Waals surface area contributed by atoms with Gasteiger partial charge in [0.15, 0.2) is 0 Å². The molecule has 0 aliphatic heterocycles. The first-order valence-electron chi connectivity index (χ1n) is 6.82. The highest BCUT2D eigenvalue weighted by atomic mass is 16.5. The van der Waals surface area contributed by atoms with Crippen molar-refractivity contribution in [3.8, 4) is 0 Å². The molecule has 0 aliphatic rings. The van der Waals surface area contributed by atoms with Gasteiger partial charge in [0, 0.05) is 36.7 Å². The maximum atomic E-state index is 11.2. The van der Waals surface area contributed by atoms with E-state index < -0.39 is 6.09 Å². The number of rotatable bonds is 5. The molecule has 0 saturated carbocycles. The summed E-state index contributed by atoms with van der Waals surface area (Å²) in [7, 11) is 3.26. The first kappa shape index (κ1) is 14.9. The van der Waals surface area contributed by atoms with Gasteiger partial charge in [0.25, 0.3) is 0 Å². The molecule has 21 heavy (non-hydrogen) atoms. The Balaban J connectivity index is 2.02. The Bertz CT molecular complexity index is 622. The second-order valence-electron chi connectivity index (χ2n) is 4.68. The minimum Gasteiger partial charge on any atom is -0.453 e. The molecule has 6 heteroatoms. The van der Waals surface area contributed by atoms with Crippen molar-refractivity contribution in [2.24, 2.45) is 7.05 Å². The molecule has 0 unspecified atom stereocenters. The maximum absolute atomic E-state index is 11.2. The van der Waals surface area contributed by atoms with E-state index >= 15 is 0 Å². The van der Waals surface area contributed by atoms with E-state index in [1.807, 2.05) is 42.2 Å². The van der Waals surface area contributed by atoms with Crippen LogP contribution in [0, 0.1) is 0 Å². The molecule has 1 aromatic heterocycles. The summed E-state index contributed by atoms with van der Waals surface area (Å²) in [5.74, 6) is 0. The van der Waals surface area contributed by atoms with Crippen LogP contribution in [0.1, 0.15) is 18.2 Å². The fraction of sp³-hybridized carbons (Fsp3) is 0.333. The smallest absolute Gasteiger partial charge is 0.411 e. The van der Waals surface area contributed by atoms with E-state index in [9.17, 15) is 4.79 Å². The number of benzene rings is 1. The van der Waals surface area contributed by atoms with Gasteiger partial charge < -0.3 is 10.1 Å². The molecule has 2 rings (SSSR count). The molecule has 0 bridgehead atoms. The monoisotopic (exact) mass is 288 g/mol. The zero-order chi connectivity index (χ0) is 15.2. The Morgan fingerprint density at radius 3 is 2.86 bits per heavy atom. The van der Waals surface area contributed by atoms with Gasteiger partial charge in [-0.3, -0.25) is 10.00 Å². The predicted molar refractivity (Wildman–Crippen MR) is 82.4 cm³/mol. The van der Waals surface area contributed by atoms with Crippen molar-refractivity contribution in [3.63, 3.8) is 0 Å². The van der Waals surface area contributed by atoms with Crippen molar-refractivity contribution in [3.05, 3.63) is 41.7 Å². The van der Waals surface area contributed by atoms with Crippen LogP contribution in [0.3, 0.4) is 0 Å². The van der Waals surface area contributed by atoms with Crippen LogP contribution in [0.15, 0.2) is 30.5 Å². The summed E-state index contributed by atoms with van der Waals surface area (Å²) < 4.78 is 6.40. The van der Waals surface area contributed by atoms with Gasteiger partial charge in [-0.2, -0.15) is 5.10 Å². The summed E-state index contributed by atoms with van der Waals surface area (Å²) in [5.41, 5.74) is 3.88. The molecule has 0 saturated heterocycles. The number of ether oxygens (including phenoxy) is 1. The third kappa shape index (κ3) is 3.98. The van der Waals surface area contributed by atoms with Gasteiger partial charge in [0.2, 0.25) is 0 Å². The van der Waals surface area contributed by atoms with Crippen molar-refractivity contribution < 1.29 is 9.53 Å². The molecule has 0 radical (unpaired) electrons. The molecule has 6 nitrogen and oxygen atoms in total. The molecule has 0 aliphatic carbocycles. The molecule has 0 fully saturated rings. The van der Waals surface area contributed by atoms with Crippen LogP contribution in [0.2, 0.25) is 0 Å². The minimum absolute atomic E-state index is 0.479. The summed E-state index contributed by atoms with van der Waals surface area (Å²) >= 11 is 0. The van der Waals surface area contributed by atoms with Crippen molar-refractivity contribution in [2.75, 3.05) is 17.7 Å². The Morgan fingerprint density at radius 2 is 2.14 bits per heavy atom. The molecule has 2 N–H and O–H groups in total. The quantitative estimate of drug-likeness (QED) is 0.887. The van der Waals surface area contributed by atoms with Crippen molar-refractivity contribution in [1.82, 2.24) is 9.78 Å².